The second kappa shape index (κ2) is 5.38. The zero-order valence-electron chi connectivity index (χ0n) is 8.82. The first-order chi connectivity index (χ1) is 6.84. The lowest BCUT2D eigenvalue weighted by Crippen LogP contribution is -2.38. The molecule has 2 rings (SSSR count). The normalized spacial score (nSPS) is 28.1. The molecule has 2 aliphatic heterocycles. The van der Waals surface area contributed by atoms with Gasteiger partial charge in [0.2, 0.25) is 0 Å². The predicted octanol–water partition coefficient (Wildman–Crippen LogP) is 1.81. The maximum Gasteiger partial charge on any atom is 0.0469 e. The van der Waals surface area contributed by atoms with Crippen LogP contribution in [0.5, 0.6) is 0 Å². The number of hydrogen-bond donors (Lipinski definition) is 1. The average molecular weight is 215 g/mol. The van der Waals surface area contributed by atoms with Crippen molar-refractivity contribution in [3.05, 3.63) is 0 Å². The van der Waals surface area contributed by atoms with Crippen LogP contribution in [0.4, 0.5) is 0 Å². The van der Waals surface area contributed by atoms with E-state index >= 15 is 0 Å². The number of ether oxygens (including phenoxy) is 1. The third-order valence-corrected chi connectivity index (χ3v) is 3.93. The molecule has 2 aliphatic rings. The first-order valence-electron chi connectivity index (χ1n) is 5.83. The third kappa shape index (κ3) is 3.14. The van der Waals surface area contributed by atoms with E-state index in [0.29, 0.717) is 5.25 Å². The quantitative estimate of drug-likeness (QED) is 0.705. The number of nitrogens with zero attached hydrogens (tertiary/aromatic N) is 1. The van der Waals surface area contributed by atoms with Gasteiger partial charge in [-0.3, -0.25) is 0 Å². The van der Waals surface area contributed by atoms with E-state index in [9.17, 15) is 0 Å². The van der Waals surface area contributed by atoms with Gasteiger partial charge in [0.1, 0.15) is 0 Å². The minimum absolute atomic E-state index is 0.654. The van der Waals surface area contributed by atoms with E-state index in [1.807, 2.05) is 0 Å². The summed E-state index contributed by atoms with van der Waals surface area (Å²) in [5, 5.41) is 0.654. The van der Waals surface area contributed by atoms with Crippen molar-refractivity contribution in [2.24, 2.45) is 5.92 Å². The smallest absolute Gasteiger partial charge is 0.0469 e. The van der Waals surface area contributed by atoms with Gasteiger partial charge in [-0.1, -0.05) is 0 Å². The Hall–Kier alpha value is 0.270. The van der Waals surface area contributed by atoms with Crippen LogP contribution in [0.25, 0.3) is 0 Å². The molecule has 0 N–H and O–H groups in total. The number of likely N-dealkylation sites (tertiary alicyclic amines) is 1. The molecule has 2 heterocycles. The number of thiol groups is 1. The van der Waals surface area contributed by atoms with Crippen LogP contribution in [0.3, 0.4) is 0 Å². The first kappa shape index (κ1) is 10.8. The summed E-state index contributed by atoms with van der Waals surface area (Å²) in [6.45, 7) is 5.77. The van der Waals surface area contributed by atoms with Gasteiger partial charge >= 0.3 is 0 Å². The molecule has 0 aromatic heterocycles. The summed E-state index contributed by atoms with van der Waals surface area (Å²) in [5.41, 5.74) is 0. The summed E-state index contributed by atoms with van der Waals surface area (Å²) in [7, 11) is 0. The van der Waals surface area contributed by atoms with Crippen LogP contribution < -0.4 is 0 Å². The van der Waals surface area contributed by atoms with Crippen molar-refractivity contribution < 1.29 is 4.74 Å². The molecular formula is C11H21NOS. The van der Waals surface area contributed by atoms with Gasteiger partial charge in [0, 0.05) is 25.0 Å². The van der Waals surface area contributed by atoms with E-state index in [1.165, 1.54) is 45.3 Å². The summed E-state index contributed by atoms with van der Waals surface area (Å²) in [6.07, 6.45) is 5.07. The van der Waals surface area contributed by atoms with Gasteiger partial charge in [-0.25, -0.2) is 0 Å². The average Bonchev–Trinajstić information content (AvgIpc) is 2.23. The fourth-order valence-electron chi connectivity index (χ4n) is 2.40. The SMILES string of the molecule is SC1CCN(CC2CCOCC2)CC1. The topological polar surface area (TPSA) is 12.5 Å². The maximum atomic E-state index is 5.38. The molecule has 0 atom stereocenters. The van der Waals surface area contributed by atoms with Gasteiger partial charge in [0.05, 0.1) is 0 Å². The number of rotatable bonds is 2. The van der Waals surface area contributed by atoms with E-state index in [0.717, 1.165) is 19.1 Å². The first-order valence-corrected chi connectivity index (χ1v) is 6.34. The summed E-state index contributed by atoms with van der Waals surface area (Å²) in [4.78, 5) is 2.61. The highest BCUT2D eigenvalue weighted by molar-refractivity contribution is 7.80. The number of hydrogen-bond acceptors (Lipinski definition) is 3. The van der Waals surface area contributed by atoms with Crippen LogP contribution in [-0.4, -0.2) is 43.0 Å². The standard InChI is InChI=1S/C11H21NOS/c14-11-1-5-12(6-2-11)9-10-3-7-13-8-4-10/h10-11,14H,1-9H2. The van der Waals surface area contributed by atoms with Gasteiger partial charge in [0.25, 0.3) is 0 Å². The fourth-order valence-corrected chi connectivity index (χ4v) is 2.63. The molecule has 2 nitrogen and oxygen atoms in total. The summed E-state index contributed by atoms with van der Waals surface area (Å²) in [6, 6.07) is 0. The Kier molecular flexibility index (Phi) is 4.14. The molecule has 0 bridgehead atoms. The van der Waals surface area contributed by atoms with Crippen LogP contribution in [0.1, 0.15) is 25.7 Å². The summed E-state index contributed by atoms with van der Waals surface area (Å²) in [5.74, 6) is 0.889. The molecule has 82 valence electrons. The Labute approximate surface area is 92.4 Å². The van der Waals surface area contributed by atoms with Gasteiger partial charge in [-0.2, -0.15) is 12.6 Å². The number of piperidine rings is 1. The lowest BCUT2D eigenvalue weighted by Gasteiger charge is -2.33. The van der Waals surface area contributed by atoms with Crippen LogP contribution in [0.15, 0.2) is 0 Å². The molecule has 0 unspecified atom stereocenters. The Balaban J connectivity index is 1.68. The molecule has 2 fully saturated rings. The van der Waals surface area contributed by atoms with E-state index in [4.69, 9.17) is 4.74 Å². The van der Waals surface area contributed by atoms with Crippen LogP contribution >= 0.6 is 12.6 Å². The predicted molar refractivity (Wildman–Crippen MR) is 62.0 cm³/mol. The molecule has 14 heavy (non-hydrogen) atoms. The van der Waals surface area contributed by atoms with Gasteiger partial charge in [0.15, 0.2) is 0 Å². The molecule has 3 heteroatoms. The second-order valence-electron chi connectivity index (χ2n) is 4.59. The maximum absolute atomic E-state index is 5.38. The lowest BCUT2D eigenvalue weighted by molar-refractivity contribution is 0.0500. The zero-order valence-corrected chi connectivity index (χ0v) is 9.72. The van der Waals surface area contributed by atoms with E-state index in [1.54, 1.807) is 0 Å². The molecule has 0 aromatic rings. The van der Waals surface area contributed by atoms with Crippen molar-refractivity contribution in [2.45, 2.75) is 30.9 Å². The highest BCUT2D eigenvalue weighted by atomic mass is 32.1. The molecule has 0 spiro atoms. The highest BCUT2D eigenvalue weighted by Crippen LogP contribution is 2.20. The highest BCUT2D eigenvalue weighted by Gasteiger charge is 2.21. The Morgan fingerprint density at radius 1 is 1.07 bits per heavy atom. The third-order valence-electron chi connectivity index (χ3n) is 3.41. The Bertz CT molecular complexity index is 163. The molecule has 0 radical (unpaired) electrons. The zero-order chi connectivity index (χ0) is 9.80. The lowest BCUT2D eigenvalue weighted by atomic mass is 9.98. The van der Waals surface area contributed by atoms with Crippen molar-refractivity contribution in [1.82, 2.24) is 4.90 Å². The minimum atomic E-state index is 0.654. The summed E-state index contributed by atoms with van der Waals surface area (Å²) >= 11 is 4.52. The van der Waals surface area contributed by atoms with Crippen LogP contribution in [-0.2, 0) is 4.74 Å². The van der Waals surface area contributed by atoms with E-state index < -0.39 is 0 Å². The van der Waals surface area contributed by atoms with Gasteiger partial charge < -0.3 is 9.64 Å². The fraction of sp³-hybridized carbons (Fsp3) is 1.00. The van der Waals surface area contributed by atoms with Crippen molar-refractivity contribution in [3.8, 4) is 0 Å². The monoisotopic (exact) mass is 215 g/mol. The van der Waals surface area contributed by atoms with Gasteiger partial charge in [-0.05, 0) is 44.7 Å². The van der Waals surface area contributed by atoms with Crippen molar-refractivity contribution in [1.29, 1.82) is 0 Å². The van der Waals surface area contributed by atoms with Gasteiger partial charge in [-0.15, -0.1) is 0 Å². The molecule has 2 saturated heterocycles. The van der Waals surface area contributed by atoms with Crippen LogP contribution in [0.2, 0.25) is 0 Å². The van der Waals surface area contributed by atoms with Crippen molar-refractivity contribution in [2.75, 3.05) is 32.8 Å². The van der Waals surface area contributed by atoms with Crippen molar-refractivity contribution in [3.63, 3.8) is 0 Å². The molecule has 0 saturated carbocycles. The Morgan fingerprint density at radius 3 is 2.36 bits per heavy atom. The largest absolute Gasteiger partial charge is 0.381 e. The Morgan fingerprint density at radius 2 is 1.71 bits per heavy atom. The summed E-state index contributed by atoms with van der Waals surface area (Å²) < 4.78 is 5.38. The minimum Gasteiger partial charge on any atom is -0.381 e. The molecule has 0 aromatic carbocycles. The molecule has 0 amide bonds. The van der Waals surface area contributed by atoms with E-state index in [2.05, 4.69) is 17.5 Å². The van der Waals surface area contributed by atoms with Crippen molar-refractivity contribution >= 4 is 12.6 Å². The molecular weight excluding hydrogens is 194 g/mol. The molecule has 0 aliphatic carbocycles. The second-order valence-corrected chi connectivity index (χ2v) is 5.32. The van der Waals surface area contributed by atoms with E-state index in [-0.39, 0.29) is 0 Å². The van der Waals surface area contributed by atoms with Crippen LogP contribution in [0, 0.1) is 5.92 Å².